The van der Waals surface area contributed by atoms with E-state index in [1.807, 2.05) is 30.9 Å². The molecule has 214 valence electrons. The first-order chi connectivity index (χ1) is 18.9. The molecule has 9 heteroatoms. The SMILES string of the molecule is CC(C)CN(C(=O)/C=C/c1cccc(OC(F)(F)F)c1)C1CC[C@@]2(O)[C@H]3Cc4cccc5c4[C@@]2(CCN3C)C1O5. The summed E-state index contributed by atoms with van der Waals surface area (Å²) in [6, 6.07) is 11.4. The number of nitrogens with zero attached hydrogens (tertiary/aromatic N) is 2. The van der Waals surface area contributed by atoms with Gasteiger partial charge in [0.1, 0.15) is 17.6 Å². The molecule has 1 amide bonds. The summed E-state index contributed by atoms with van der Waals surface area (Å²) < 4.78 is 48.8. The van der Waals surface area contributed by atoms with Crippen molar-refractivity contribution < 1.29 is 32.5 Å². The fourth-order valence-corrected chi connectivity index (χ4v) is 7.88. The van der Waals surface area contributed by atoms with Crippen molar-refractivity contribution in [1.29, 1.82) is 0 Å². The van der Waals surface area contributed by atoms with Crippen molar-refractivity contribution in [3.63, 3.8) is 0 Å². The van der Waals surface area contributed by atoms with E-state index in [1.54, 1.807) is 6.07 Å². The quantitative estimate of drug-likeness (QED) is 0.511. The Hall–Kier alpha value is -3.04. The van der Waals surface area contributed by atoms with Gasteiger partial charge in [-0.15, -0.1) is 13.2 Å². The van der Waals surface area contributed by atoms with Crippen molar-refractivity contribution in [3.8, 4) is 11.5 Å². The fraction of sp³-hybridized carbons (Fsp3) is 0.516. The number of benzene rings is 2. The molecule has 1 saturated carbocycles. The Bertz CT molecular complexity index is 1340. The summed E-state index contributed by atoms with van der Waals surface area (Å²) in [5.41, 5.74) is 1.20. The van der Waals surface area contributed by atoms with Gasteiger partial charge < -0.3 is 24.4 Å². The van der Waals surface area contributed by atoms with Crippen LogP contribution in [0.3, 0.4) is 0 Å². The molecule has 2 fully saturated rings. The van der Waals surface area contributed by atoms with E-state index in [2.05, 4.69) is 22.8 Å². The van der Waals surface area contributed by atoms with Gasteiger partial charge in [0.15, 0.2) is 0 Å². The average molecular weight is 557 g/mol. The lowest BCUT2D eigenvalue weighted by molar-refractivity contribution is -0.274. The van der Waals surface area contributed by atoms with Crippen LogP contribution in [0.2, 0.25) is 0 Å². The molecule has 6 rings (SSSR count). The van der Waals surface area contributed by atoms with Crippen LogP contribution >= 0.6 is 0 Å². The molecule has 2 unspecified atom stereocenters. The molecule has 2 aliphatic heterocycles. The van der Waals surface area contributed by atoms with Gasteiger partial charge in [-0.1, -0.05) is 38.1 Å². The second kappa shape index (κ2) is 9.52. The number of likely N-dealkylation sites (tertiary alicyclic amines) is 1. The minimum Gasteiger partial charge on any atom is -0.487 e. The van der Waals surface area contributed by atoms with Crippen molar-refractivity contribution >= 4 is 12.0 Å². The fourth-order valence-electron chi connectivity index (χ4n) is 7.88. The van der Waals surface area contributed by atoms with Crippen LogP contribution in [0.15, 0.2) is 48.5 Å². The van der Waals surface area contributed by atoms with E-state index >= 15 is 0 Å². The zero-order valence-electron chi connectivity index (χ0n) is 22.9. The van der Waals surface area contributed by atoms with E-state index in [-0.39, 0.29) is 29.7 Å². The van der Waals surface area contributed by atoms with Crippen LogP contribution in [-0.2, 0) is 16.6 Å². The summed E-state index contributed by atoms with van der Waals surface area (Å²) in [5.74, 6) is 0.413. The predicted octanol–water partition coefficient (Wildman–Crippen LogP) is 4.94. The van der Waals surface area contributed by atoms with Gasteiger partial charge in [0.05, 0.1) is 17.1 Å². The van der Waals surface area contributed by atoms with E-state index in [4.69, 9.17) is 4.74 Å². The maximum Gasteiger partial charge on any atom is 0.573 e. The zero-order chi connectivity index (χ0) is 28.4. The smallest absolute Gasteiger partial charge is 0.487 e. The lowest BCUT2D eigenvalue weighted by Gasteiger charge is -2.64. The first kappa shape index (κ1) is 27.1. The van der Waals surface area contributed by atoms with Crippen LogP contribution < -0.4 is 9.47 Å². The van der Waals surface area contributed by atoms with Crippen LogP contribution in [0.5, 0.6) is 11.5 Å². The van der Waals surface area contributed by atoms with Gasteiger partial charge in [-0.2, -0.15) is 0 Å². The van der Waals surface area contributed by atoms with Gasteiger partial charge >= 0.3 is 6.36 Å². The number of aliphatic hydroxyl groups is 1. The monoisotopic (exact) mass is 556 g/mol. The van der Waals surface area contributed by atoms with E-state index in [9.17, 15) is 23.1 Å². The molecular weight excluding hydrogens is 521 g/mol. The first-order valence-electron chi connectivity index (χ1n) is 14.0. The molecular formula is C31H35F3N2O4. The minimum absolute atomic E-state index is 0.0190. The Morgan fingerprint density at radius 1 is 1.25 bits per heavy atom. The molecule has 40 heavy (non-hydrogen) atoms. The van der Waals surface area contributed by atoms with Crippen LogP contribution in [0.1, 0.15) is 49.8 Å². The average Bonchev–Trinajstić information content (AvgIpc) is 3.22. The molecule has 6 nitrogen and oxygen atoms in total. The molecule has 2 heterocycles. The number of ether oxygens (including phenoxy) is 2. The highest BCUT2D eigenvalue weighted by Crippen LogP contribution is 2.64. The summed E-state index contributed by atoms with van der Waals surface area (Å²) in [6.07, 6.45) is 0.420. The van der Waals surface area contributed by atoms with Crippen molar-refractivity contribution in [3.05, 3.63) is 65.2 Å². The topological polar surface area (TPSA) is 62.2 Å². The normalized spacial score (nSPS) is 30.8. The number of carbonyl (C=O) groups excluding carboxylic acids is 1. The van der Waals surface area contributed by atoms with Crippen LogP contribution in [-0.4, -0.2) is 71.1 Å². The Kier molecular flexibility index (Phi) is 6.46. The molecule has 2 bridgehead atoms. The molecule has 2 aromatic carbocycles. The standard InChI is InChI=1S/C31H35F3N2O4/c1-19(2)18-36(26(37)11-10-20-6-4-8-22(16-20)40-31(32,33)34)23-12-13-30(38)25-17-21-7-5-9-24-27(21)29(30,28(23)39-24)14-15-35(25)3/h4-11,16,19,23,25,28,38H,12-15,17-18H2,1-3H3/b11-10+/t23?,25-,28?,29+,30-/m1/s1. The molecule has 0 aromatic heterocycles. The van der Waals surface area contributed by atoms with E-state index in [0.717, 1.165) is 30.7 Å². The number of alkyl halides is 3. The lowest BCUT2D eigenvalue weighted by Crippen LogP contribution is -2.78. The number of hydrogen-bond donors (Lipinski definition) is 1. The zero-order valence-corrected chi connectivity index (χ0v) is 22.9. The predicted molar refractivity (Wildman–Crippen MR) is 144 cm³/mol. The molecule has 5 atom stereocenters. The van der Waals surface area contributed by atoms with Crippen molar-refractivity contribution in [2.24, 2.45) is 5.92 Å². The Labute approximate surface area is 232 Å². The number of carbonyl (C=O) groups is 1. The van der Waals surface area contributed by atoms with Gasteiger partial charge in [-0.05, 0) is 80.6 Å². The van der Waals surface area contributed by atoms with Crippen molar-refractivity contribution in [2.75, 3.05) is 20.1 Å². The maximum absolute atomic E-state index is 13.8. The lowest BCUT2D eigenvalue weighted by atomic mass is 9.48. The molecule has 1 saturated heterocycles. The van der Waals surface area contributed by atoms with Gasteiger partial charge in [0.2, 0.25) is 5.91 Å². The van der Waals surface area contributed by atoms with Crippen LogP contribution in [0.25, 0.3) is 6.08 Å². The number of likely N-dealkylation sites (N-methyl/N-ethyl adjacent to an activating group) is 1. The highest BCUT2D eigenvalue weighted by Gasteiger charge is 2.72. The van der Waals surface area contributed by atoms with Crippen molar-refractivity contribution in [1.82, 2.24) is 9.80 Å². The number of amides is 1. The highest BCUT2D eigenvalue weighted by molar-refractivity contribution is 5.92. The molecule has 4 aliphatic rings. The molecule has 1 spiro atoms. The Morgan fingerprint density at radius 3 is 2.77 bits per heavy atom. The largest absolute Gasteiger partial charge is 0.573 e. The highest BCUT2D eigenvalue weighted by atomic mass is 19.4. The Morgan fingerprint density at radius 2 is 2.02 bits per heavy atom. The van der Waals surface area contributed by atoms with Gasteiger partial charge in [-0.3, -0.25) is 4.79 Å². The number of rotatable bonds is 6. The third kappa shape index (κ3) is 4.20. The molecule has 1 N–H and O–H groups in total. The number of piperidine rings is 1. The van der Waals surface area contributed by atoms with Gasteiger partial charge in [-0.25, -0.2) is 0 Å². The molecule has 2 aromatic rings. The van der Waals surface area contributed by atoms with Gasteiger partial charge in [0, 0.05) is 24.2 Å². The second-order valence-electron chi connectivity index (χ2n) is 12.1. The minimum atomic E-state index is -4.79. The summed E-state index contributed by atoms with van der Waals surface area (Å²) in [5, 5.41) is 12.4. The van der Waals surface area contributed by atoms with E-state index in [1.165, 1.54) is 35.9 Å². The van der Waals surface area contributed by atoms with E-state index < -0.39 is 23.5 Å². The van der Waals surface area contributed by atoms with Gasteiger partial charge in [0.25, 0.3) is 0 Å². The molecule has 2 aliphatic carbocycles. The third-order valence-corrected chi connectivity index (χ3v) is 9.35. The summed E-state index contributed by atoms with van der Waals surface area (Å²) in [4.78, 5) is 17.9. The van der Waals surface area contributed by atoms with Crippen LogP contribution in [0.4, 0.5) is 13.2 Å². The van der Waals surface area contributed by atoms with E-state index in [0.29, 0.717) is 24.9 Å². The Balaban J connectivity index is 1.34. The van der Waals surface area contributed by atoms with Crippen LogP contribution in [0, 0.1) is 5.92 Å². The summed E-state index contributed by atoms with van der Waals surface area (Å²) >= 11 is 0. The second-order valence-corrected chi connectivity index (χ2v) is 12.1. The summed E-state index contributed by atoms with van der Waals surface area (Å²) in [6.45, 7) is 5.43. The summed E-state index contributed by atoms with van der Waals surface area (Å²) in [7, 11) is 2.08. The number of halogens is 3. The molecule has 0 radical (unpaired) electrons. The third-order valence-electron chi connectivity index (χ3n) is 9.35. The first-order valence-corrected chi connectivity index (χ1v) is 14.0. The maximum atomic E-state index is 13.8. The number of hydrogen-bond acceptors (Lipinski definition) is 5. The van der Waals surface area contributed by atoms with Crippen molar-refractivity contribution in [2.45, 2.75) is 75.1 Å².